The molecule has 4 heteroatoms. The van der Waals surface area contributed by atoms with Gasteiger partial charge in [-0.3, -0.25) is 0 Å². The maximum atomic E-state index is 5.68. The molecule has 4 nitrogen and oxygen atoms in total. The fourth-order valence-corrected chi connectivity index (χ4v) is 2.56. The lowest BCUT2D eigenvalue weighted by atomic mass is 9.88. The van der Waals surface area contributed by atoms with Gasteiger partial charge in [-0.15, -0.1) is 0 Å². The number of ether oxygens (including phenoxy) is 2. The average molecular weight is 266 g/mol. The van der Waals surface area contributed by atoms with Gasteiger partial charge < -0.3 is 20.5 Å². The zero-order valence-corrected chi connectivity index (χ0v) is 12.6. The number of nitrogens with two attached hydrogens (primary N) is 1. The van der Waals surface area contributed by atoms with Crippen molar-refractivity contribution in [3.05, 3.63) is 23.3 Å². The SMILES string of the molecule is CNC(c1c(C)cc(OC)cc1OC)C(C)CCN. The van der Waals surface area contributed by atoms with E-state index in [9.17, 15) is 0 Å². The van der Waals surface area contributed by atoms with Crippen molar-refractivity contribution in [3.63, 3.8) is 0 Å². The number of rotatable bonds is 7. The van der Waals surface area contributed by atoms with Crippen molar-refractivity contribution in [1.82, 2.24) is 5.32 Å². The van der Waals surface area contributed by atoms with Gasteiger partial charge in [0, 0.05) is 17.7 Å². The normalized spacial score (nSPS) is 14.0. The largest absolute Gasteiger partial charge is 0.497 e. The van der Waals surface area contributed by atoms with Crippen molar-refractivity contribution in [2.45, 2.75) is 26.3 Å². The number of benzene rings is 1. The standard InChI is InChI=1S/C15H26N2O2/c1-10(6-7-16)15(17-3)14-11(2)8-12(18-4)9-13(14)19-5/h8-10,15,17H,6-7,16H2,1-5H3. The molecule has 0 aliphatic carbocycles. The van der Waals surface area contributed by atoms with E-state index in [1.54, 1.807) is 14.2 Å². The summed E-state index contributed by atoms with van der Waals surface area (Å²) in [5.41, 5.74) is 8.03. The van der Waals surface area contributed by atoms with Gasteiger partial charge in [0.15, 0.2) is 0 Å². The first kappa shape index (κ1) is 15.8. The summed E-state index contributed by atoms with van der Waals surface area (Å²) in [6.45, 7) is 4.98. The molecule has 0 saturated carbocycles. The summed E-state index contributed by atoms with van der Waals surface area (Å²) in [7, 11) is 5.33. The Morgan fingerprint density at radius 2 is 1.95 bits per heavy atom. The quantitative estimate of drug-likeness (QED) is 0.795. The van der Waals surface area contributed by atoms with Crippen molar-refractivity contribution in [2.75, 3.05) is 27.8 Å². The van der Waals surface area contributed by atoms with Crippen LogP contribution in [-0.4, -0.2) is 27.8 Å². The molecule has 0 amide bonds. The minimum absolute atomic E-state index is 0.226. The Morgan fingerprint density at radius 3 is 2.42 bits per heavy atom. The molecule has 0 saturated heterocycles. The molecule has 1 aromatic carbocycles. The van der Waals surface area contributed by atoms with Crippen LogP contribution in [0.2, 0.25) is 0 Å². The van der Waals surface area contributed by atoms with Crippen LogP contribution in [0.25, 0.3) is 0 Å². The molecular weight excluding hydrogens is 240 g/mol. The predicted molar refractivity (Wildman–Crippen MR) is 78.9 cm³/mol. The van der Waals surface area contributed by atoms with Crippen LogP contribution in [0.15, 0.2) is 12.1 Å². The van der Waals surface area contributed by atoms with Crippen molar-refractivity contribution in [2.24, 2.45) is 11.7 Å². The number of methoxy groups -OCH3 is 2. The molecule has 0 bridgehead atoms. The van der Waals surface area contributed by atoms with Crippen LogP contribution in [0, 0.1) is 12.8 Å². The first-order chi connectivity index (χ1) is 9.08. The van der Waals surface area contributed by atoms with E-state index in [1.807, 2.05) is 19.2 Å². The maximum absolute atomic E-state index is 5.68. The van der Waals surface area contributed by atoms with Crippen molar-refractivity contribution in [1.29, 1.82) is 0 Å². The molecule has 0 fully saturated rings. The van der Waals surface area contributed by atoms with Gasteiger partial charge >= 0.3 is 0 Å². The molecule has 0 aliphatic rings. The highest BCUT2D eigenvalue weighted by atomic mass is 16.5. The second kappa shape index (κ2) is 7.36. The monoisotopic (exact) mass is 266 g/mol. The lowest BCUT2D eigenvalue weighted by Gasteiger charge is -2.27. The Hall–Kier alpha value is -1.26. The molecular formula is C15H26N2O2. The fraction of sp³-hybridized carbons (Fsp3) is 0.600. The first-order valence-corrected chi connectivity index (χ1v) is 6.68. The van der Waals surface area contributed by atoms with Gasteiger partial charge in [0.2, 0.25) is 0 Å². The Morgan fingerprint density at radius 1 is 1.26 bits per heavy atom. The second-order valence-electron chi connectivity index (χ2n) is 4.88. The van der Waals surface area contributed by atoms with E-state index in [4.69, 9.17) is 15.2 Å². The van der Waals surface area contributed by atoms with Crippen LogP contribution < -0.4 is 20.5 Å². The molecule has 2 unspecified atom stereocenters. The summed E-state index contributed by atoms with van der Waals surface area (Å²) in [6, 6.07) is 4.20. The summed E-state index contributed by atoms with van der Waals surface area (Å²) < 4.78 is 10.8. The third-order valence-corrected chi connectivity index (χ3v) is 3.59. The molecule has 1 rings (SSSR count). The van der Waals surface area contributed by atoms with Gasteiger partial charge in [-0.1, -0.05) is 6.92 Å². The highest BCUT2D eigenvalue weighted by molar-refractivity contribution is 5.48. The zero-order chi connectivity index (χ0) is 14.4. The molecule has 0 aromatic heterocycles. The van der Waals surface area contributed by atoms with Gasteiger partial charge in [0.1, 0.15) is 11.5 Å². The first-order valence-electron chi connectivity index (χ1n) is 6.68. The molecule has 1 aromatic rings. The summed E-state index contributed by atoms with van der Waals surface area (Å²) in [5, 5.41) is 3.38. The van der Waals surface area contributed by atoms with Crippen molar-refractivity contribution >= 4 is 0 Å². The Kier molecular flexibility index (Phi) is 6.12. The third-order valence-electron chi connectivity index (χ3n) is 3.59. The van der Waals surface area contributed by atoms with Crippen molar-refractivity contribution < 1.29 is 9.47 Å². The minimum Gasteiger partial charge on any atom is -0.497 e. The van der Waals surface area contributed by atoms with E-state index in [1.165, 1.54) is 11.1 Å². The van der Waals surface area contributed by atoms with Crippen LogP contribution in [0.4, 0.5) is 0 Å². The highest BCUT2D eigenvalue weighted by Crippen LogP contribution is 2.36. The molecule has 0 aliphatic heterocycles. The minimum atomic E-state index is 0.226. The molecule has 0 spiro atoms. The van der Waals surface area contributed by atoms with E-state index >= 15 is 0 Å². The fourth-order valence-electron chi connectivity index (χ4n) is 2.56. The maximum Gasteiger partial charge on any atom is 0.127 e. The average Bonchev–Trinajstić information content (AvgIpc) is 2.41. The van der Waals surface area contributed by atoms with Crippen molar-refractivity contribution in [3.8, 4) is 11.5 Å². The van der Waals surface area contributed by atoms with Gasteiger partial charge in [0.05, 0.1) is 14.2 Å². The van der Waals surface area contributed by atoms with Crippen LogP contribution in [0.5, 0.6) is 11.5 Å². The van der Waals surface area contributed by atoms with E-state index in [0.717, 1.165) is 17.9 Å². The lowest BCUT2D eigenvalue weighted by Crippen LogP contribution is -2.26. The third kappa shape index (κ3) is 3.61. The summed E-state index contributed by atoms with van der Waals surface area (Å²) in [6.07, 6.45) is 0.972. The predicted octanol–water partition coefficient (Wildman–Crippen LogP) is 2.26. The van der Waals surface area contributed by atoms with Crippen LogP contribution in [0.3, 0.4) is 0 Å². The smallest absolute Gasteiger partial charge is 0.127 e. The van der Waals surface area contributed by atoms with E-state index in [0.29, 0.717) is 12.5 Å². The van der Waals surface area contributed by atoms with E-state index < -0.39 is 0 Å². The number of nitrogens with one attached hydrogen (secondary N) is 1. The number of aryl methyl sites for hydroxylation is 1. The lowest BCUT2D eigenvalue weighted by molar-refractivity contribution is 0.354. The van der Waals surface area contributed by atoms with Gasteiger partial charge in [-0.25, -0.2) is 0 Å². The van der Waals surface area contributed by atoms with Gasteiger partial charge in [-0.2, -0.15) is 0 Å². The van der Waals surface area contributed by atoms with Crippen LogP contribution in [-0.2, 0) is 0 Å². The molecule has 108 valence electrons. The Bertz CT molecular complexity index is 407. The summed E-state index contributed by atoms with van der Waals surface area (Å²) >= 11 is 0. The Labute approximate surface area is 116 Å². The second-order valence-corrected chi connectivity index (χ2v) is 4.88. The van der Waals surface area contributed by atoms with Crippen LogP contribution >= 0.6 is 0 Å². The number of hydrogen-bond acceptors (Lipinski definition) is 4. The zero-order valence-electron chi connectivity index (χ0n) is 12.6. The summed E-state index contributed by atoms with van der Waals surface area (Å²) in [4.78, 5) is 0. The molecule has 2 atom stereocenters. The Balaban J connectivity index is 3.22. The van der Waals surface area contributed by atoms with Gasteiger partial charge in [0.25, 0.3) is 0 Å². The topological polar surface area (TPSA) is 56.5 Å². The number of hydrogen-bond donors (Lipinski definition) is 2. The van der Waals surface area contributed by atoms with E-state index in [-0.39, 0.29) is 6.04 Å². The molecule has 3 N–H and O–H groups in total. The molecule has 0 radical (unpaired) electrons. The summed E-state index contributed by atoms with van der Waals surface area (Å²) in [5.74, 6) is 2.12. The van der Waals surface area contributed by atoms with Gasteiger partial charge in [-0.05, 0) is 44.5 Å². The molecule has 0 heterocycles. The van der Waals surface area contributed by atoms with Crippen LogP contribution in [0.1, 0.15) is 30.5 Å². The molecule has 19 heavy (non-hydrogen) atoms. The van der Waals surface area contributed by atoms with E-state index in [2.05, 4.69) is 19.2 Å². The highest BCUT2D eigenvalue weighted by Gasteiger charge is 2.23.